The second kappa shape index (κ2) is 28.2. The van der Waals surface area contributed by atoms with Crippen LogP contribution in [0.3, 0.4) is 0 Å². The van der Waals surface area contributed by atoms with Crippen molar-refractivity contribution >= 4 is 35.8 Å². The zero-order valence-corrected chi connectivity index (χ0v) is 53.7. The third kappa shape index (κ3) is 15.4. The molecule has 492 valence electrons. The average molecular weight is 1310 g/mol. The highest BCUT2D eigenvalue weighted by Gasteiger charge is 2.40. The van der Waals surface area contributed by atoms with Gasteiger partial charge in [0.05, 0.1) is 63.8 Å². The van der Waals surface area contributed by atoms with E-state index in [1.807, 2.05) is 64.1 Å². The van der Waals surface area contributed by atoms with Crippen molar-refractivity contribution in [1.29, 1.82) is 0 Å². The molecule has 7 N–H and O–H groups in total. The average Bonchev–Trinajstić information content (AvgIpc) is 1.57. The molecule has 2 aliphatic heterocycles. The van der Waals surface area contributed by atoms with Gasteiger partial charge in [0.25, 0.3) is 0 Å². The molecule has 8 aromatic rings. The minimum Gasteiger partial charge on any atom is -0.496 e. The van der Waals surface area contributed by atoms with Crippen molar-refractivity contribution in [2.24, 2.45) is 11.5 Å². The number of para-hydroxylation sites is 2. The van der Waals surface area contributed by atoms with E-state index in [9.17, 15) is 40.3 Å². The standard InChI is InChI=1S/C34H36F5N5O.C25H29F2N5O.C9H9F3O.ClH/c1-6-20-9-8-10-21(7-2)30(20)44-31(24-14-27(36)28(15-26(24)35)41-32(40)45)25-18-43(33(4,5)16-29(25)42-44)17-22-11-12-23(13-19(22)3)34(37,38)39;1-5-14-8-7-9-15(6-2)22(14)32-23(17-13-29-25(3,4)12-21(17)31-32)16-10-19(27)20(11-18(16)26)30-24(28)33;1-6-5-7(9(10,11)12)3-4-8(6)13-2;/h8-15H,6-7,16-18H2,1-5H3,(H3,40,41,45);7-11,29H,5-6,12-13H2,1-4H3,(H3,28,30,33);3-5H,1-2H3;1H. The van der Waals surface area contributed by atoms with Crippen LogP contribution in [-0.4, -0.2) is 54.7 Å². The van der Waals surface area contributed by atoms with Crippen LogP contribution in [-0.2, 0) is 70.5 Å². The molecule has 2 aromatic heterocycles. The molecular formula is C68H75ClF10N10O3. The monoisotopic (exact) mass is 1300 g/mol. The Bertz CT molecular complexity index is 4000. The molecule has 10 rings (SSSR count). The number of nitrogens with one attached hydrogen (secondary N) is 3. The maximum atomic E-state index is 16.0. The predicted molar refractivity (Wildman–Crippen MR) is 340 cm³/mol. The second-order valence-corrected chi connectivity index (χ2v) is 23.8. The largest absolute Gasteiger partial charge is 0.496 e. The van der Waals surface area contributed by atoms with Crippen molar-refractivity contribution in [2.45, 2.75) is 151 Å². The number of ether oxygens (including phenoxy) is 1. The SMILES string of the molecule is CCc1cccc(CC)c1-n1nc2c(c1-c1cc(F)c(NC(N)=O)cc1F)CN(Cc1ccc(C(F)(F)F)cc1C)C(C)(C)C2.CCc1cccc(CC)c1-n1nc2c(c1-c1cc(F)c(NC(N)=O)cc1F)CNC(C)(C)C2.COc1ccc(C(F)(F)F)cc1C.Cl. The third-order valence-electron chi connectivity index (χ3n) is 16.5. The van der Waals surface area contributed by atoms with Crippen molar-refractivity contribution in [1.82, 2.24) is 29.8 Å². The summed E-state index contributed by atoms with van der Waals surface area (Å²) in [6, 6.07) is 21.2. The molecular weight excluding hydrogens is 1230 g/mol. The Kier molecular flexibility index (Phi) is 21.8. The molecule has 92 heavy (non-hydrogen) atoms. The minimum atomic E-state index is -4.44. The summed E-state index contributed by atoms with van der Waals surface area (Å²) < 4.78 is 146. The molecule has 0 radical (unpaired) electrons. The number of urea groups is 2. The number of fused-ring (bicyclic) bond motifs is 2. The van der Waals surface area contributed by atoms with Crippen LogP contribution in [0.2, 0.25) is 0 Å². The maximum absolute atomic E-state index is 16.0. The highest BCUT2D eigenvalue weighted by Crippen LogP contribution is 2.43. The fraction of sp³-hybridized carbons (Fsp3) is 0.353. The fourth-order valence-electron chi connectivity index (χ4n) is 11.7. The topological polar surface area (TPSA) is 170 Å². The zero-order valence-electron chi connectivity index (χ0n) is 52.9. The Morgan fingerprint density at radius 1 is 0.587 bits per heavy atom. The quantitative estimate of drug-likeness (QED) is 0.0715. The van der Waals surface area contributed by atoms with Gasteiger partial charge in [-0.25, -0.2) is 36.5 Å². The van der Waals surface area contributed by atoms with Gasteiger partial charge in [-0.15, -0.1) is 12.4 Å². The Labute approximate surface area is 534 Å². The number of hydrogen-bond donors (Lipinski definition) is 5. The summed E-state index contributed by atoms with van der Waals surface area (Å²) in [6.07, 6.45) is -4.71. The van der Waals surface area contributed by atoms with Crippen LogP contribution >= 0.6 is 12.4 Å². The predicted octanol–water partition coefficient (Wildman–Crippen LogP) is 16.4. The van der Waals surface area contributed by atoms with Crippen molar-refractivity contribution in [2.75, 3.05) is 17.7 Å². The number of aromatic nitrogens is 4. The van der Waals surface area contributed by atoms with E-state index in [0.29, 0.717) is 72.6 Å². The molecule has 0 spiro atoms. The van der Waals surface area contributed by atoms with Crippen LogP contribution in [0.4, 0.5) is 64.9 Å². The number of amides is 4. The first-order valence-corrected chi connectivity index (χ1v) is 29.7. The first-order chi connectivity index (χ1) is 42.7. The Morgan fingerprint density at radius 3 is 1.41 bits per heavy atom. The molecule has 0 bridgehead atoms. The van der Waals surface area contributed by atoms with E-state index in [2.05, 4.69) is 48.5 Å². The van der Waals surface area contributed by atoms with Gasteiger partial charge < -0.3 is 32.2 Å². The Balaban J connectivity index is 0.000000223. The molecule has 2 aliphatic rings. The number of aryl methyl sites for hydroxylation is 6. The summed E-state index contributed by atoms with van der Waals surface area (Å²) in [6.45, 7) is 20.8. The lowest BCUT2D eigenvalue weighted by Crippen LogP contribution is -2.47. The van der Waals surface area contributed by atoms with E-state index in [1.165, 1.54) is 19.2 Å². The lowest BCUT2D eigenvalue weighted by molar-refractivity contribution is -0.138. The molecule has 0 saturated carbocycles. The van der Waals surface area contributed by atoms with Crippen LogP contribution in [0, 0.1) is 37.1 Å². The molecule has 4 amide bonds. The number of alkyl halides is 6. The minimum absolute atomic E-state index is 0. The molecule has 0 atom stereocenters. The van der Waals surface area contributed by atoms with Gasteiger partial charge in [0.2, 0.25) is 0 Å². The maximum Gasteiger partial charge on any atom is 0.416 e. The van der Waals surface area contributed by atoms with Gasteiger partial charge in [-0.05, 0) is 149 Å². The lowest BCUT2D eigenvalue weighted by atomic mass is 9.87. The van der Waals surface area contributed by atoms with Gasteiger partial charge in [0, 0.05) is 77.9 Å². The second-order valence-electron chi connectivity index (χ2n) is 23.8. The van der Waals surface area contributed by atoms with Crippen molar-refractivity contribution in [3.05, 3.63) is 193 Å². The number of nitrogens with zero attached hydrogens (tertiary/aromatic N) is 5. The first-order valence-electron chi connectivity index (χ1n) is 29.7. The van der Waals surface area contributed by atoms with E-state index in [1.54, 1.807) is 23.2 Å². The summed E-state index contributed by atoms with van der Waals surface area (Å²) in [5.41, 5.74) is 19.2. The number of carbonyl (C=O) groups excluding carboxylic acids is 2. The summed E-state index contributed by atoms with van der Waals surface area (Å²) >= 11 is 0. The fourth-order valence-corrected chi connectivity index (χ4v) is 11.7. The molecule has 0 aliphatic carbocycles. The van der Waals surface area contributed by atoms with E-state index in [0.717, 1.165) is 118 Å². The Morgan fingerprint density at radius 2 is 1.01 bits per heavy atom. The number of rotatable bonds is 13. The summed E-state index contributed by atoms with van der Waals surface area (Å²) in [5.74, 6) is -2.60. The molecule has 0 fully saturated rings. The highest BCUT2D eigenvalue weighted by molar-refractivity contribution is 5.89. The van der Waals surface area contributed by atoms with Crippen LogP contribution in [0.5, 0.6) is 5.75 Å². The van der Waals surface area contributed by atoms with Gasteiger partial charge in [0.15, 0.2) is 0 Å². The van der Waals surface area contributed by atoms with Crippen molar-refractivity contribution < 1.29 is 58.2 Å². The normalized spacial score (nSPS) is 14.1. The van der Waals surface area contributed by atoms with Crippen molar-refractivity contribution in [3.63, 3.8) is 0 Å². The summed E-state index contributed by atoms with van der Waals surface area (Å²) in [7, 11) is 1.43. The van der Waals surface area contributed by atoms with Gasteiger partial charge in [-0.3, -0.25) is 4.90 Å². The van der Waals surface area contributed by atoms with Crippen LogP contribution in [0.15, 0.2) is 97.1 Å². The number of methoxy groups -OCH3 is 1. The van der Waals surface area contributed by atoms with Crippen LogP contribution in [0.25, 0.3) is 33.9 Å². The van der Waals surface area contributed by atoms with Gasteiger partial charge >= 0.3 is 24.4 Å². The zero-order chi connectivity index (χ0) is 66.8. The molecule has 24 heteroatoms. The Hall–Kier alpha value is -8.41. The number of benzene rings is 6. The van der Waals surface area contributed by atoms with E-state index < -0.39 is 64.3 Å². The van der Waals surface area contributed by atoms with Crippen molar-refractivity contribution in [3.8, 4) is 39.6 Å². The lowest BCUT2D eigenvalue weighted by Gasteiger charge is -2.42. The first kappa shape index (κ1) is 71.0. The number of hydrogen-bond acceptors (Lipinski definition) is 7. The van der Waals surface area contributed by atoms with E-state index in [4.69, 9.17) is 26.4 Å². The summed E-state index contributed by atoms with van der Waals surface area (Å²) in [5, 5.41) is 17.7. The van der Waals surface area contributed by atoms with Gasteiger partial charge in [0.1, 0.15) is 29.0 Å². The van der Waals surface area contributed by atoms with Crippen LogP contribution in [0.1, 0.15) is 128 Å². The smallest absolute Gasteiger partial charge is 0.416 e. The van der Waals surface area contributed by atoms with Gasteiger partial charge in [-0.2, -0.15) is 36.5 Å². The van der Waals surface area contributed by atoms with Crippen LogP contribution < -0.4 is 32.2 Å². The molecule has 0 unspecified atom stereocenters. The number of anilines is 2. The van der Waals surface area contributed by atoms with E-state index >= 15 is 13.2 Å². The molecule has 0 saturated heterocycles. The molecule has 13 nitrogen and oxygen atoms in total. The number of nitrogens with two attached hydrogens (primary N) is 2. The summed E-state index contributed by atoms with van der Waals surface area (Å²) in [4.78, 5) is 24.7. The molecule has 6 aromatic carbocycles. The number of primary amides is 2. The molecule has 4 heterocycles. The highest BCUT2D eigenvalue weighted by atomic mass is 35.5. The third-order valence-corrected chi connectivity index (χ3v) is 16.5. The van der Waals surface area contributed by atoms with Gasteiger partial charge in [-0.1, -0.05) is 70.2 Å². The number of halogens is 11. The van der Waals surface area contributed by atoms with E-state index in [-0.39, 0.29) is 47.0 Å². The number of carbonyl (C=O) groups is 2.